The summed E-state index contributed by atoms with van der Waals surface area (Å²) in [6.45, 7) is 2.26. The van der Waals surface area contributed by atoms with Crippen LogP contribution in [0, 0.1) is 7.14 Å². The minimum absolute atomic E-state index is 0.153. The average molecular weight is 935 g/mol. The predicted molar refractivity (Wildman–Crippen MR) is 221 cm³/mol. The van der Waals surface area contributed by atoms with Crippen molar-refractivity contribution in [3.63, 3.8) is 0 Å². The number of aromatic nitrogens is 1. The van der Waals surface area contributed by atoms with Gasteiger partial charge in [-0.15, -0.1) is 0 Å². The fourth-order valence-corrected chi connectivity index (χ4v) is 9.37. The molecular weight excluding hydrogens is 902 g/mol. The van der Waals surface area contributed by atoms with Crippen LogP contribution in [0.3, 0.4) is 0 Å². The molecule has 0 aliphatic carbocycles. The number of benzene rings is 5. The van der Waals surface area contributed by atoms with Gasteiger partial charge in [0.05, 0.1) is 46.2 Å². The van der Waals surface area contributed by atoms with Crippen LogP contribution in [0.2, 0.25) is 0 Å². The van der Waals surface area contributed by atoms with Gasteiger partial charge in [-0.25, -0.2) is 9.79 Å². The largest absolute Gasteiger partial charge is 0.493 e. The molecular formula is C41H32I2N2O6S. The van der Waals surface area contributed by atoms with Crippen molar-refractivity contribution in [1.82, 2.24) is 4.57 Å². The molecule has 2 heterocycles. The molecule has 1 aliphatic rings. The van der Waals surface area contributed by atoms with Crippen LogP contribution < -0.4 is 29.1 Å². The monoisotopic (exact) mass is 934 g/mol. The maximum absolute atomic E-state index is 14.7. The minimum Gasteiger partial charge on any atom is -0.493 e. The van der Waals surface area contributed by atoms with Crippen LogP contribution in [0.5, 0.6) is 17.2 Å². The Balaban J connectivity index is 1.42. The number of carbonyl (C=O) groups excluding carboxylic acids is 1. The fourth-order valence-electron chi connectivity index (χ4n) is 6.33. The van der Waals surface area contributed by atoms with Gasteiger partial charge in [0.2, 0.25) is 0 Å². The molecule has 0 radical (unpaired) electrons. The highest BCUT2D eigenvalue weighted by atomic mass is 127. The van der Waals surface area contributed by atoms with Gasteiger partial charge in [0, 0.05) is 14.7 Å². The van der Waals surface area contributed by atoms with Gasteiger partial charge in [0.25, 0.3) is 5.56 Å². The summed E-state index contributed by atoms with van der Waals surface area (Å²) >= 11 is 5.82. The van der Waals surface area contributed by atoms with Crippen LogP contribution in [0.15, 0.2) is 118 Å². The van der Waals surface area contributed by atoms with E-state index >= 15 is 0 Å². The number of nitrogens with zero attached hydrogens (tertiary/aromatic N) is 2. The summed E-state index contributed by atoms with van der Waals surface area (Å²) < 4.78 is 27.3. The van der Waals surface area contributed by atoms with Gasteiger partial charge < -0.3 is 18.9 Å². The highest BCUT2D eigenvalue weighted by molar-refractivity contribution is 14.1. The number of fused-ring (bicyclic) bond motifs is 2. The van der Waals surface area contributed by atoms with Gasteiger partial charge in [-0.3, -0.25) is 9.36 Å². The molecule has 11 heteroatoms. The van der Waals surface area contributed by atoms with Crippen molar-refractivity contribution in [2.45, 2.75) is 19.6 Å². The average Bonchev–Trinajstić information content (AvgIpc) is 3.47. The van der Waals surface area contributed by atoms with Gasteiger partial charge in [-0.1, -0.05) is 90.2 Å². The van der Waals surface area contributed by atoms with Gasteiger partial charge in [0.15, 0.2) is 16.3 Å². The van der Waals surface area contributed by atoms with E-state index in [4.69, 9.17) is 23.9 Å². The maximum atomic E-state index is 14.7. The highest BCUT2D eigenvalue weighted by Crippen LogP contribution is 2.39. The van der Waals surface area contributed by atoms with E-state index in [0.29, 0.717) is 44.4 Å². The number of methoxy groups -OCH3 is 2. The van der Waals surface area contributed by atoms with Gasteiger partial charge in [-0.05, 0) is 104 Å². The van der Waals surface area contributed by atoms with E-state index in [-0.39, 0.29) is 17.7 Å². The molecule has 0 saturated carbocycles. The molecule has 1 atom stereocenters. The summed E-state index contributed by atoms with van der Waals surface area (Å²) in [5, 5.41) is 2.27. The van der Waals surface area contributed by atoms with Crippen molar-refractivity contribution in [2.24, 2.45) is 4.99 Å². The predicted octanol–water partition coefficient (Wildman–Crippen LogP) is 7.89. The molecule has 262 valence electrons. The highest BCUT2D eigenvalue weighted by Gasteiger charge is 2.35. The van der Waals surface area contributed by atoms with E-state index in [1.54, 1.807) is 37.8 Å². The normalized spacial score (nSPS) is 14.2. The Kier molecular flexibility index (Phi) is 10.8. The van der Waals surface area contributed by atoms with Crippen molar-refractivity contribution in [1.29, 1.82) is 0 Å². The summed E-state index contributed by atoms with van der Waals surface area (Å²) in [4.78, 5) is 34.0. The molecule has 0 bridgehead atoms. The van der Waals surface area contributed by atoms with E-state index in [2.05, 4.69) is 69.4 Å². The number of carbonyl (C=O) groups is 1. The third-order valence-corrected chi connectivity index (χ3v) is 11.1. The molecule has 7 rings (SSSR count). The Morgan fingerprint density at radius 2 is 1.65 bits per heavy atom. The third kappa shape index (κ3) is 7.00. The molecule has 0 amide bonds. The molecule has 0 saturated heterocycles. The number of rotatable bonds is 10. The summed E-state index contributed by atoms with van der Waals surface area (Å²) in [6.07, 6.45) is 1.86. The lowest BCUT2D eigenvalue weighted by Crippen LogP contribution is -2.40. The van der Waals surface area contributed by atoms with Crippen molar-refractivity contribution >= 4 is 85.0 Å². The Bertz CT molecular complexity index is 2540. The fraction of sp³-hybridized carbons (Fsp3) is 0.146. The topological polar surface area (TPSA) is 88.4 Å². The molecule has 1 aromatic heterocycles. The molecule has 52 heavy (non-hydrogen) atoms. The molecule has 0 fully saturated rings. The van der Waals surface area contributed by atoms with Crippen molar-refractivity contribution < 1.29 is 23.7 Å². The Morgan fingerprint density at radius 3 is 2.42 bits per heavy atom. The Hall–Kier alpha value is -4.47. The first-order valence-electron chi connectivity index (χ1n) is 16.4. The van der Waals surface area contributed by atoms with E-state index in [0.717, 1.165) is 34.6 Å². The van der Waals surface area contributed by atoms with Crippen LogP contribution in [0.4, 0.5) is 0 Å². The Morgan fingerprint density at radius 1 is 0.904 bits per heavy atom. The van der Waals surface area contributed by atoms with Crippen LogP contribution >= 0.6 is 56.5 Å². The third-order valence-electron chi connectivity index (χ3n) is 8.67. The molecule has 6 aromatic rings. The second-order valence-corrected chi connectivity index (χ2v) is 15.2. The van der Waals surface area contributed by atoms with Crippen LogP contribution in [-0.4, -0.2) is 31.4 Å². The molecule has 0 N–H and O–H groups in total. The molecule has 0 spiro atoms. The lowest BCUT2D eigenvalue weighted by Gasteiger charge is -2.26. The number of hydrogen-bond acceptors (Lipinski definition) is 8. The zero-order valence-electron chi connectivity index (χ0n) is 28.4. The zero-order valence-corrected chi connectivity index (χ0v) is 33.5. The van der Waals surface area contributed by atoms with Crippen molar-refractivity contribution in [3.8, 4) is 17.2 Å². The second kappa shape index (κ2) is 15.6. The summed E-state index contributed by atoms with van der Waals surface area (Å²) in [6, 6.07) is 32.5. The maximum Gasteiger partial charge on any atom is 0.338 e. The minimum atomic E-state index is -0.870. The standard InChI is InChI=1S/C41H32I2N2O6S/c1-4-50-40(47)35-36(25-12-6-5-7-13-25)44-41-45(37(35)26-17-18-32(48-2)33(20-26)49-3)39(46)34(52-41)21-28-19-29(42)22-31(43)38(28)51-23-27-15-10-14-24-11-8-9-16-30(24)27/h5-22,37H,4,23H2,1-3H3/b34-21-/t37-/m0/s1. The first kappa shape index (κ1) is 35.9. The van der Waals surface area contributed by atoms with Crippen molar-refractivity contribution in [3.05, 3.63) is 158 Å². The second-order valence-electron chi connectivity index (χ2n) is 11.8. The number of thiazole rings is 1. The van der Waals surface area contributed by atoms with Crippen LogP contribution in [0.1, 0.15) is 35.2 Å². The van der Waals surface area contributed by atoms with E-state index in [9.17, 15) is 9.59 Å². The number of hydrogen-bond donors (Lipinski definition) is 0. The Labute approximate surface area is 331 Å². The summed E-state index contributed by atoms with van der Waals surface area (Å²) in [5.74, 6) is 1.10. The van der Waals surface area contributed by atoms with Gasteiger partial charge in [-0.2, -0.15) is 0 Å². The lowest BCUT2D eigenvalue weighted by atomic mass is 9.93. The number of halogens is 2. The zero-order chi connectivity index (χ0) is 36.4. The van der Waals surface area contributed by atoms with E-state index in [1.807, 2.05) is 72.8 Å². The first-order chi connectivity index (χ1) is 25.3. The van der Waals surface area contributed by atoms with Crippen LogP contribution in [-0.2, 0) is 16.1 Å². The summed E-state index contributed by atoms with van der Waals surface area (Å²) in [7, 11) is 3.11. The van der Waals surface area contributed by atoms with Gasteiger partial charge >= 0.3 is 5.97 Å². The number of ether oxygens (including phenoxy) is 4. The molecule has 8 nitrogen and oxygen atoms in total. The molecule has 1 aliphatic heterocycles. The van der Waals surface area contributed by atoms with E-state index in [1.165, 1.54) is 11.3 Å². The lowest BCUT2D eigenvalue weighted by molar-refractivity contribution is -0.138. The molecule has 0 unspecified atom stereocenters. The summed E-state index contributed by atoms with van der Waals surface area (Å²) in [5.41, 5.74) is 3.58. The van der Waals surface area contributed by atoms with Gasteiger partial charge in [0.1, 0.15) is 12.4 Å². The number of esters is 1. The first-order valence-corrected chi connectivity index (χ1v) is 19.4. The van der Waals surface area contributed by atoms with E-state index < -0.39 is 12.0 Å². The van der Waals surface area contributed by atoms with Crippen LogP contribution in [0.25, 0.3) is 22.5 Å². The SMILES string of the molecule is CCOC(=O)C1=C(c2ccccc2)N=c2s/c(=C\c3cc(I)cc(I)c3OCc3cccc4ccccc34)c(=O)n2[C@H]1c1ccc(OC)c(OC)c1. The van der Waals surface area contributed by atoms with Crippen molar-refractivity contribution in [2.75, 3.05) is 20.8 Å². The smallest absolute Gasteiger partial charge is 0.338 e. The molecule has 5 aromatic carbocycles. The quantitative estimate of drug-likeness (QED) is 0.103.